The molecule has 0 saturated carbocycles. The average Bonchev–Trinajstić information content (AvgIpc) is 2.30. The quantitative estimate of drug-likeness (QED) is 0.252. The maximum absolute atomic E-state index is 10.5. The lowest BCUT2D eigenvalue weighted by Crippen LogP contribution is -1.86. The predicted molar refractivity (Wildman–Crippen MR) is 76.5 cm³/mol. The Labute approximate surface area is 112 Å². The first kappa shape index (κ1) is 16.7. The van der Waals surface area contributed by atoms with Gasteiger partial charge in [0.05, 0.1) is 0 Å². The van der Waals surface area contributed by atoms with Gasteiger partial charge in [0, 0.05) is 6.42 Å². The molecule has 0 fully saturated rings. The van der Waals surface area contributed by atoms with Crippen LogP contribution in [0.5, 0.6) is 0 Å². The molecule has 0 aromatic heterocycles. The number of hydrogen-bond acceptors (Lipinski definition) is 1. The van der Waals surface area contributed by atoms with Crippen molar-refractivity contribution in [1.82, 2.24) is 0 Å². The van der Waals surface area contributed by atoms with Gasteiger partial charge in [-0.25, -0.2) is 0 Å². The zero-order valence-electron chi connectivity index (χ0n) is 11.2. The molecule has 100 valence electrons. The van der Waals surface area contributed by atoms with E-state index in [0.717, 1.165) is 12.8 Å². The van der Waals surface area contributed by atoms with Crippen LogP contribution in [-0.2, 0) is 4.79 Å². The van der Waals surface area contributed by atoms with Crippen molar-refractivity contribution in [3.8, 4) is 0 Å². The van der Waals surface area contributed by atoms with Crippen LogP contribution in [0.2, 0.25) is 0 Å². The van der Waals surface area contributed by atoms with E-state index < -0.39 is 0 Å². The van der Waals surface area contributed by atoms with Gasteiger partial charge < -0.3 is 0 Å². The maximum Gasteiger partial charge on any atom is 0.221 e. The van der Waals surface area contributed by atoms with Crippen molar-refractivity contribution in [3.05, 3.63) is 12.2 Å². The van der Waals surface area contributed by atoms with Crippen LogP contribution in [0.25, 0.3) is 0 Å². The maximum atomic E-state index is 10.5. The number of rotatable bonds is 12. The minimum atomic E-state index is -0.192. The van der Waals surface area contributed by atoms with Crippen molar-refractivity contribution in [2.75, 3.05) is 0 Å². The fourth-order valence-electron chi connectivity index (χ4n) is 1.79. The molecule has 1 nitrogen and oxygen atoms in total. The van der Waals surface area contributed by atoms with Gasteiger partial charge in [-0.05, 0) is 37.3 Å². The molecule has 0 radical (unpaired) electrons. The Morgan fingerprint density at radius 3 is 2.00 bits per heavy atom. The van der Waals surface area contributed by atoms with Gasteiger partial charge in [0.15, 0.2) is 0 Å². The smallest absolute Gasteiger partial charge is 0.221 e. The summed E-state index contributed by atoms with van der Waals surface area (Å²) in [5.41, 5.74) is 0. The highest BCUT2D eigenvalue weighted by Gasteiger charge is 1.95. The first-order valence-electron chi connectivity index (χ1n) is 7.10. The number of unbranched alkanes of at least 4 members (excludes halogenated alkanes) is 8. The van der Waals surface area contributed by atoms with E-state index in [1.165, 1.54) is 51.4 Å². The second kappa shape index (κ2) is 13.8. The summed E-state index contributed by atoms with van der Waals surface area (Å²) in [6, 6.07) is 0. The standard InChI is InChI=1S/C15H27ClO/c1-2-3-4-5-6-7-8-9-10-11-12-13-14-15(16)17/h5-6H,2-4,7-14H2,1H3/b6-5-. The Hall–Kier alpha value is -0.300. The Morgan fingerprint density at radius 2 is 1.41 bits per heavy atom. The summed E-state index contributed by atoms with van der Waals surface area (Å²) < 4.78 is 0. The summed E-state index contributed by atoms with van der Waals surface area (Å²) in [6.45, 7) is 2.23. The van der Waals surface area contributed by atoms with E-state index in [0.29, 0.717) is 6.42 Å². The first-order valence-corrected chi connectivity index (χ1v) is 7.48. The lowest BCUT2D eigenvalue weighted by molar-refractivity contribution is -0.111. The number of carbonyl (C=O) groups excluding carboxylic acids is 1. The highest BCUT2D eigenvalue weighted by Crippen LogP contribution is 2.10. The Balaban J connectivity index is 3.03. The molecule has 0 spiro atoms. The molecular formula is C15H27ClO. The molecule has 0 aromatic rings. The van der Waals surface area contributed by atoms with Crippen molar-refractivity contribution >= 4 is 16.8 Å². The molecule has 0 aliphatic carbocycles. The topological polar surface area (TPSA) is 17.1 Å². The minimum Gasteiger partial charge on any atom is -0.281 e. The van der Waals surface area contributed by atoms with Crippen LogP contribution in [0.4, 0.5) is 0 Å². The third-order valence-corrected chi connectivity index (χ3v) is 3.07. The van der Waals surface area contributed by atoms with Crippen LogP contribution in [-0.4, -0.2) is 5.24 Å². The normalized spacial score (nSPS) is 11.2. The van der Waals surface area contributed by atoms with Crippen LogP contribution >= 0.6 is 11.6 Å². The third kappa shape index (κ3) is 15.7. The molecule has 0 saturated heterocycles. The highest BCUT2D eigenvalue weighted by molar-refractivity contribution is 6.63. The van der Waals surface area contributed by atoms with Gasteiger partial charge in [-0.1, -0.05) is 57.6 Å². The molecule has 0 aliphatic rings. The van der Waals surface area contributed by atoms with Gasteiger partial charge in [0.2, 0.25) is 5.24 Å². The first-order chi connectivity index (χ1) is 8.27. The molecular weight excluding hydrogens is 232 g/mol. The van der Waals surface area contributed by atoms with Crippen molar-refractivity contribution in [2.45, 2.75) is 77.6 Å². The molecule has 0 heterocycles. The zero-order valence-corrected chi connectivity index (χ0v) is 12.0. The Morgan fingerprint density at radius 1 is 0.882 bits per heavy atom. The van der Waals surface area contributed by atoms with Crippen molar-refractivity contribution < 1.29 is 4.79 Å². The van der Waals surface area contributed by atoms with Crippen molar-refractivity contribution in [3.63, 3.8) is 0 Å². The molecule has 0 bridgehead atoms. The van der Waals surface area contributed by atoms with Gasteiger partial charge in [-0.3, -0.25) is 4.79 Å². The van der Waals surface area contributed by atoms with E-state index in [1.54, 1.807) is 0 Å². The fraction of sp³-hybridized carbons (Fsp3) is 0.800. The van der Waals surface area contributed by atoms with E-state index in [9.17, 15) is 4.79 Å². The van der Waals surface area contributed by atoms with Gasteiger partial charge in [-0.2, -0.15) is 0 Å². The van der Waals surface area contributed by atoms with Gasteiger partial charge in [0.1, 0.15) is 0 Å². The van der Waals surface area contributed by atoms with Gasteiger partial charge in [-0.15, -0.1) is 0 Å². The largest absolute Gasteiger partial charge is 0.281 e. The summed E-state index contributed by atoms with van der Waals surface area (Å²) in [5.74, 6) is 0. The summed E-state index contributed by atoms with van der Waals surface area (Å²) in [6.07, 6.45) is 17.5. The van der Waals surface area contributed by atoms with Crippen molar-refractivity contribution in [1.29, 1.82) is 0 Å². The van der Waals surface area contributed by atoms with Crippen molar-refractivity contribution in [2.24, 2.45) is 0 Å². The van der Waals surface area contributed by atoms with E-state index in [1.807, 2.05) is 0 Å². The summed E-state index contributed by atoms with van der Waals surface area (Å²) in [5, 5.41) is -0.192. The van der Waals surface area contributed by atoms with Gasteiger partial charge >= 0.3 is 0 Å². The summed E-state index contributed by atoms with van der Waals surface area (Å²) in [7, 11) is 0. The van der Waals surface area contributed by atoms with E-state index >= 15 is 0 Å². The molecule has 2 heteroatoms. The van der Waals surface area contributed by atoms with Crippen LogP contribution < -0.4 is 0 Å². The number of allylic oxidation sites excluding steroid dienone is 2. The number of halogens is 1. The Kier molecular flexibility index (Phi) is 13.5. The molecule has 0 aliphatic heterocycles. The van der Waals surface area contributed by atoms with E-state index in [4.69, 9.17) is 11.6 Å². The molecule has 17 heavy (non-hydrogen) atoms. The second-order valence-corrected chi connectivity index (χ2v) is 5.05. The van der Waals surface area contributed by atoms with Crippen LogP contribution in [0.1, 0.15) is 77.6 Å². The SMILES string of the molecule is CCCC/C=C\CCCCCCCCC(=O)Cl. The highest BCUT2D eigenvalue weighted by atomic mass is 35.5. The number of carbonyl (C=O) groups is 1. The summed E-state index contributed by atoms with van der Waals surface area (Å²) in [4.78, 5) is 10.5. The predicted octanol–water partition coefficient (Wildman–Crippen LogP) is 5.62. The number of hydrogen-bond donors (Lipinski definition) is 0. The fourth-order valence-corrected chi connectivity index (χ4v) is 1.92. The molecule has 0 N–H and O–H groups in total. The average molecular weight is 259 g/mol. The zero-order chi connectivity index (χ0) is 12.8. The van der Waals surface area contributed by atoms with Crippen LogP contribution in [0.3, 0.4) is 0 Å². The third-order valence-electron chi connectivity index (χ3n) is 2.89. The molecule has 0 aromatic carbocycles. The van der Waals surface area contributed by atoms with Crippen LogP contribution in [0.15, 0.2) is 12.2 Å². The molecule has 0 unspecified atom stereocenters. The van der Waals surface area contributed by atoms with E-state index in [2.05, 4.69) is 19.1 Å². The van der Waals surface area contributed by atoms with E-state index in [-0.39, 0.29) is 5.24 Å². The monoisotopic (exact) mass is 258 g/mol. The Bertz CT molecular complexity index is 199. The van der Waals surface area contributed by atoms with Gasteiger partial charge in [0.25, 0.3) is 0 Å². The lowest BCUT2D eigenvalue weighted by atomic mass is 10.1. The minimum absolute atomic E-state index is 0.192. The second-order valence-electron chi connectivity index (χ2n) is 4.63. The molecule has 0 rings (SSSR count). The van der Waals surface area contributed by atoms with Crippen LogP contribution in [0, 0.1) is 0 Å². The summed E-state index contributed by atoms with van der Waals surface area (Å²) >= 11 is 5.26. The molecule has 0 amide bonds. The lowest BCUT2D eigenvalue weighted by Gasteiger charge is -1.99. The molecule has 0 atom stereocenters.